The first-order chi connectivity index (χ1) is 16.3. The van der Waals surface area contributed by atoms with E-state index in [-0.39, 0.29) is 0 Å². The molecule has 0 N–H and O–H groups in total. The Labute approximate surface area is 210 Å². The lowest BCUT2D eigenvalue weighted by atomic mass is 9.88. The van der Waals surface area contributed by atoms with Crippen molar-refractivity contribution in [3.63, 3.8) is 0 Å². The maximum atomic E-state index is 13.0. The van der Waals surface area contributed by atoms with Crippen molar-refractivity contribution in [3.8, 4) is 0 Å². The molecular weight excluding hydrogens is 400 g/mol. The Bertz CT molecular complexity index is 375. The Balaban J connectivity index is 4.00. The Morgan fingerprint density at radius 3 is 1.00 bits per heavy atom. The summed E-state index contributed by atoms with van der Waals surface area (Å²) in [5, 5.41) is 0. The molecule has 0 bridgehead atoms. The summed E-state index contributed by atoms with van der Waals surface area (Å²) in [6.45, 7) is 6.86. The summed E-state index contributed by atoms with van der Waals surface area (Å²) >= 11 is 0. The monoisotopic (exact) mass is 464 g/mol. The van der Waals surface area contributed by atoms with Crippen LogP contribution in [0.5, 0.6) is 0 Å². The number of rotatable bonds is 28. The van der Waals surface area contributed by atoms with E-state index in [2.05, 4.69) is 20.8 Å². The third-order valence-electron chi connectivity index (χ3n) is 7.54. The zero-order valence-corrected chi connectivity index (χ0v) is 23.6. The van der Waals surface area contributed by atoms with E-state index in [1.165, 1.54) is 161 Å². The van der Waals surface area contributed by atoms with Crippen molar-refractivity contribution in [2.75, 3.05) is 0 Å². The Hall–Kier alpha value is -0.330. The molecule has 0 aromatic carbocycles. The highest BCUT2D eigenvalue weighted by atomic mass is 16.1. The molecule has 0 saturated heterocycles. The highest BCUT2D eigenvalue weighted by Gasteiger charge is 2.17. The molecular formula is C32H64O. The Morgan fingerprint density at radius 1 is 0.394 bits per heavy atom. The van der Waals surface area contributed by atoms with Crippen molar-refractivity contribution in [3.05, 3.63) is 0 Å². The van der Waals surface area contributed by atoms with Gasteiger partial charge in [-0.15, -0.1) is 0 Å². The van der Waals surface area contributed by atoms with E-state index in [0.29, 0.717) is 11.7 Å². The van der Waals surface area contributed by atoms with Gasteiger partial charge in [0.15, 0.2) is 0 Å². The maximum absolute atomic E-state index is 13.0. The number of hydrogen-bond donors (Lipinski definition) is 0. The van der Waals surface area contributed by atoms with Gasteiger partial charge < -0.3 is 0 Å². The first-order valence-electron chi connectivity index (χ1n) is 15.8. The van der Waals surface area contributed by atoms with E-state index in [9.17, 15) is 4.79 Å². The molecule has 0 aromatic rings. The molecule has 0 saturated carbocycles. The largest absolute Gasteiger partial charge is 0.299 e. The topological polar surface area (TPSA) is 17.1 Å². The van der Waals surface area contributed by atoms with E-state index in [1.807, 2.05) is 0 Å². The minimum atomic E-state index is 0.370. The van der Waals surface area contributed by atoms with Crippen molar-refractivity contribution >= 4 is 5.78 Å². The SMILES string of the molecule is CCCCCCCCCCCC(=O)C(CCCCCCCC)CCCCCCCCCCC. The quantitative estimate of drug-likeness (QED) is 0.105. The molecule has 0 aliphatic carbocycles. The minimum absolute atomic E-state index is 0.370. The van der Waals surface area contributed by atoms with Gasteiger partial charge >= 0.3 is 0 Å². The summed E-state index contributed by atoms with van der Waals surface area (Å²) in [6.07, 6.45) is 35.7. The van der Waals surface area contributed by atoms with Crippen LogP contribution in [0.15, 0.2) is 0 Å². The lowest BCUT2D eigenvalue weighted by Gasteiger charge is -2.16. The molecule has 0 heterocycles. The van der Waals surface area contributed by atoms with Crippen molar-refractivity contribution in [2.24, 2.45) is 5.92 Å². The fraction of sp³-hybridized carbons (Fsp3) is 0.969. The first-order valence-corrected chi connectivity index (χ1v) is 15.8. The average Bonchev–Trinajstić information content (AvgIpc) is 2.82. The van der Waals surface area contributed by atoms with E-state index in [1.54, 1.807) is 0 Å². The Morgan fingerprint density at radius 2 is 0.667 bits per heavy atom. The van der Waals surface area contributed by atoms with E-state index in [4.69, 9.17) is 0 Å². The predicted molar refractivity (Wildman–Crippen MR) is 150 cm³/mol. The third-order valence-corrected chi connectivity index (χ3v) is 7.54. The number of carbonyl (C=O) groups excluding carboxylic acids is 1. The van der Waals surface area contributed by atoms with Gasteiger partial charge in [0.25, 0.3) is 0 Å². The van der Waals surface area contributed by atoms with Gasteiger partial charge in [0.1, 0.15) is 5.78 Å². The predicted octanol–water partition coefficient (Wildman–Crippen LogP) is 11.8. The minimum Gasteiger partial charge on any atom is -0.299 e. The molecule has 1 unspecified atom stereocenters. The molecule has 1 heteroatoms. The van der Waals surface area contributed by atoms with Crippen LogP contribution in [-0.2, 0) is 4.79 Å². The molecule has 0 aliphatic heterocycles. The van der Waals surface area contributed by atoms with E-state index >= 15 is 0 Å². The number of Topliss-reactive ketones (excluding diaryl/α,β-unsaturated/α-hetero) is 1. The van der Waals surface area contributed by atoms with Crippen LogP contribution in [0.25, 0.3) is 0 Å². The summed E-state index contributed by atoms with van der Waals surface area (Å²) in [7, 11) is 0. The van der Waals surface area contributed by atoms with Crippen LogP contribution in [0.4, 0.5) is 0 Å². The standard InChI is InChI=1S/C32H64O/c1-4-7-10-13-16-18-20-23-26-29-31(28-25-22-15-12-9-6-3)32(33)30-27-24-21-19-17-14-11-8-5-2/h31H,4-30H2,1-3H3. The summed E-state index contributed by atoms with van der Waals surface area (Å²) in [5.74, 6) is 0.973. The highest BCUT2D eigenvalue weighted by Crippen LogP contribution is 2.23. The number of carbonyl (C=O) groups is 1. The second-order valence-corrected chi connectivity index (χ2v) is 10.9. The maximum Gasteiger partial charge on any atom is 0.135 e. The molecule has 0 spiro atoms. The molecule has 0 aromatic heterocycles. The highest BCUT2D eigenvalue weighted by molar-refractivity contribution is 5.80. The molecule has 33 heavy (non-hydrogen) atoms. The van der Waals surface area contributed by atoms with Crippen LogP contribution in [0.2, 0.25) is 0 Å². The summed E-state index contributed by atoms with van der Waals surface area (Å²) < 4.78 is 0. The van der Waals surface area contributed by atoms with Gasteiger partial charge in [-0.05, 0) is 19.3 Å². The van der Waals surface area contributed by atoms with Crippen LogP contribution in [0.3, 0.4) is 0 Å². The van der Waals surface area contributed by atoms with E-state index < -0.39 is 0 Å². The van der Waals surface area contributed by atoms with Crippen molar-refractivity contribution in [1.82, 2.24) is 0 Å². The zero-order chi connectivity index (χ0) is 24.2. The molecule has 0 radical (unpaired) electrons. The van der Waals surface area contributed by atoms with E-state index in [0.717, 1.165) is 12.8 Å². The van der Waals surface area contributed by atoms with Gasteiger partial charge in [-0.2, -0.15) is 0 Å². The van der Waals surface area contributed by atoms with Gasteiger partial charge in [0, 0.05) is 12.3 Å². The number of unbranched alkanes of at least 4 members (excludes halogenated alkanes) is 21. The van der Waals surface area contributed by atoms with Crippen LogP contribution in [0, 0.1) is 5.92 Å². The van der Waals surface area contributed by atoms with Crippen LogP contribution in [0.1, 0.15) is 194 Å². The third kappa shape index (κ3) is 24.6. The van der Waals surface area contributed by atoms with Crippen LogP contribution in [-0.4, -0.2) is 5.78 Å². The second kappa shape index (κ2) is 27.9. The zero-order valence-electron chi connectivity index (χ0n) is 23.6. The summed E-state index contributed by atoms with van der Waals surface area (Å²) in [6, 6.07) is 0. The van der Waals surface area contributed by atoms with Gasteiger partial charge in [0.2, 0.25) is 0 Å². The summed E-state index contributed by atoms with van der Waals surface area (Å²) in [4.78, 5) is 13.0. The Kier molecular flexibility index (Phi) is 27.6. The van der Waals surface area contributed by atoms with Gasteiger partial charge in [-0.3, -0.25) is 4.79 Å². The van der Waals surface area contributed by atoms with Crippen LogP contribution < -0.4 is 0 Å². The lowest BCUT2D eigenvalue weighted by molar-refractivity contribution is -0.123. The van der Waals surface area contributed by atoms with Gasteiger partial charge in [-0.25, -0.2) is 0 Å². The second-order valence-electron chi connectivity index (χ2n) is 10.9. The molecule has 0 amide bonds. The fourth-order valence-electron chi connectivity index (χ4n) is 5.15. The number of hydrogen-bond acceptors (Lipinski definition) is 1. The van der Waals surface area contributed by atoms with Gasteiger partial charge in [-0.1, -0.05) is 168 Å². The molecule has 0 aliphatic rings. The molecule has 198 valence electrons. The smallest absolute Gasteiger partial charge is 0.135 e. The van der Waals surface area contributed by atoms with Crippen molar-refractivity contribution in [1.29, 1.82) is 0 Å². The molecule has 0 rings (SSSR count). The van der Waals surface area contributed by atoms with Crippen LogP contribution >= 0.6 is 0 Å². The average molecular weight is 465 g/mol. The lowest BCUT2D eigenvalue weighted by Crippen LogP contribution is -2.14. The van der Waals surface area contributed by atoms with Crippen molar-refractivity contribution in [2.45, 2.75) is 194 Å². The van der Waals surface area contributed by atoms with Crippen molar-refractivity contribution < 1.29 is 4.79 Å². The summed E-state index contributed by atoms with van der Waals surface area (Å²) in [5.41, 5.74) is 0. The first kappa shape index (κ1) is 32.7. The molecule has 1 nitrogen and oxygen atoms in total. The fourth-order valence-corrected chi connectivity index (χ4v) is 5.15. The normalized spacial score (nSPS) is 12.3. The molecule has 1 atom stereocenters. The van der Waals surface area contributed by atoms with Gasteiger partial charge in [0.05, 0.1) is 0 Å². The number of ketones is 1. The molecule has 0 fully saturated rings.